The predicted molar refractivity (Wildman–Crippen MR) is 130 cm³/mol. The summed E-state index contributed by atoms with van der Waals surface area (Å²) in [5, 5.41) is 17.1. The summed E-state index contributed by atoms with van der Waals surface area (Å²) in [4.78, 5) is 35.6. The van der Waals surface area contributed by atoms with E-state index in [2.05, 4.69) is 34.7 Å². The first kappa shape index (κ1) is 26.5. The monoisotopic (exact) mass is 465 g/mol. The van der Waals surface area contributed by atoms with Crippen molar-refractivity contribution in [3.8, 4) is 11.8 Å². The number of hydrogen-bond acceptors (Lipinski definition) is 6. The Balaban J connectivity index is 1.88. The topological polar surface area (TPSA) is 146 Å². The largest absolute Gasteiger partial charge is 0.339 e. The maximum atomic E-state index is 12.2. The molecular weight excluding hydrogens is 434 g/mol. The second kappa shape index (κ2) is 14.4. The number of rotatable bonds is 11. The van der Waals surface area contributed by atoms with Crippen LogP contribution >= 0.6 is 0 Å². The van der Waals surface area contributed by atoms with Gasteiger partial charge in [0, 0.05) is 28.9 Å². The maximum Gasteiger partial charge on any atom is 0.267 e. The summed E-state index contributed by atoms with van der Waals surface area (Å²) in [5.41, 5.74) is 9.40. The highest BCUT2D eigenvalue weighted by Crippen LogP contribution is 2.09. The van der Waals surface area contributed by atoms with Crippen molar-refractivity contribution in [3.05, 3.63) is 65.2 Å². The van der Waals surface area contributed by atoms with Crippen molar-refractivity contribution in [1.29, 1.82) is 0 Å². The molecule has 0 saturated heterocycles. The Bertz CT molecular complexity index is 1010. The molecule has 0 fully saturated rings. The summed E-state index contributed by atoms with van der Waals surface area (Å²) in [6, 6.07) is 12.7. The number of carbonyl (C=O) groups is 3. The van der Waals surface area contributed by atoms with E-state index in [4.69, 9.17) is 10.9 Å². The molecule has 0 radical (unpaired) electrons. The van der Waals surface area contributed by atoms with E-state index in [0.717, 1.165) is 31.4 Å². The molecule has 0 aliphatic rings. The third-order valence-electron chi connectivity index (χ3n) is 4.88. The first-order valence-corrected chi connectivity index (χ1v) is 11.1. The zero-order valence-electron chi connectivity index (χ0n) is 19.2. The number of anilines is 1. The zero-order valence-corrected chi connectivity index (χ0v) is 19.2. The van der Waals surface area contributed by atoms with E-state index in [-0.39, 0.29) is 19.0 Å². The van der Waals surface area contributed by atoms with Crippen LogP contribution in [0.4, 0.5) is 5.69 Å². The fraction of sp³-hybridized carbons (Fsp3) is 0.320. The lowest BCUT2D eigenvalue weighted by Gasteiger charge is -2.14. The highest BCUT2D eigenvalue weighted by atomic mass is 16.5. The molecule has 0 unspecified atom stereocenters. The lowest BCUT2D eigenvalue weighted by molar-refractivity contribution is -0.130. The standard InChI is InChI=1S/C25H31N5O4/c1-2-3-4-15-27-17-23(31)28-21-13-9-19(10-14-21)6-5-18-7-11-20(12-8-18)24(32)29-22(16-26)25(33)30-34/h7-14,22,27,34H,2-4,15-17,26H2,1H3,(H,28,31)(H,29,32)(H,30,33)/t22-/m0/s1. The fourth-order valence-corrected chi connectivity index (χ4v) is 2.94. The summed E-state index contributed by atoms with van der Waals surface area (Å²) < 4.78 is 0. The summed E-state index contributed by atoms with van der Waals surface area (Å²) in [5.74, 6) is 4.68. The van der Waals surface area contributed by atoms with Gasteiger partial charge < -0.3 is 21.7 Å². The van der Waals surface area contributed by atoms with Gasteiger partial charge >= 0.3 is 0 Å². The molecule has 7 N–H and O–H groups in total. The second-order valence-corrected chi connectivity index (χ2v) is 7.57. The molecule has 0 spiro atoms. The van der Waals surface area contributed by atoms with Crippen molar-refractivity contribution in [1.82, 2.24) is 16.1 Å². The molecule has 0 saturated carbocycles. The Morgan fingerprint density at radius 1 is 0.971 bits per heavy atom. The van der Waals surface area contributed by atoms with Crippen LogP contribution in [0.1, 0.15) is 47.7 Å². The van der Waals surface area contributed by atoms with Gasteiger partial charge in [0.05, 0.1) is 6.54 Å². The number of unbranched alkanes of at least 4 members (excludes halogenated alkanes) is 2. The lowest BCUT2D eigenvalue weighted by atomic mass is 10.1. The molecule has 0 aliphatic heterocycles. The highest BCUT2D eigenvalue weighted by Gasteiger charge is 2.19. The zero-order chi connectivity index (χ0) is 24.8. The molecule has 0 aliphatic carbocycles. The SMILES string of the molecule is CCCCCNCC(=O)Nc1ccc(C#Cc2ccc(C(=O)N[C@@H](CN)C(=O)NO)cc2)cc1. The van der Waals surface area contributed by atoms with Gasteiger partial charge in [0.2, 0.25) is 5.91 Å². The first-order chi connectivity index (χ1) is 16.5. The molecule has 3 amide bonds. The summed E-state index contributed by atoms with van der Waals surface area (Å²) >= 11 is 0. The Hall–Kier alpha value is -3.71. The van der Waals surface area contributed by atoms with Crippen molar-refractivity contribution in [2.24, 2.45) is 5.73 Å². The minimum atomic E-state index is -1.04. The van der Waals surface area contributed by atoms with Gasteiger partial charge in [-0.15, -0.1) is 0 Å². The Morgan fingerprint density at radius 3 is 2.15 bits per heavy atom. The first-order valence-electron chi connectivity index (χ1n) is 11.1. The van der Waals surface area contributed by atoms with Crippen molar-refractivity contribution < 1.29 is 19.6 Å². The molecule has 2 aromatic rings. The lowest BCUT2D eigenvalue weighted by Crippen LogP contribution is -2.50. The maximum absolute atomic E-state index is 12.2. The van der Waals surface area contributed by atoms with Crippen LogP contribution in [0.15, 0.2) is 48.5 Å². The molecule has 0 aromatic heterocycles. The summed E-state index contributed by atoms with van der Waals surface area (Å²) in [6.45, 7) is 3.10. The fourth-order valence-electron chi connectivity index (χ4n) is 2.94. The average molecular weight is 466 g/mol. The van der Waals surface area contributed by atoms with Crippen LogP contribution in [0.25, 0.3) is 0 Å². The van der Waals surface area contributed by atoms with Gasteiger partial charge in [0.25, 0.3) is 11.8 Å². The number of amides is 3. The molecule has 0 heterocycles. The Kier molecular flexibility index (Phi) is 11.3. The van der Waals surface area contributed by atoms with Crippen molar-refractivity contribution in [2.45, 2.75) is 32.2 Å². The van der Waals surface area contributed by atoms with E-state index in [9.17, 15) is 14.4 Å². The molecule has 180 valence electrons. The number of nitrogens with two attached hydrogens (primary N) is 1. The van der Waals surface area contributed by atoms with Gasteiger partial charge in [-0.1, -0.05) is 31.6 Å². The van der Waals surface area contributed by atoms with Crippen LogP contribution in [0, 0.1) is 11.8 Å². The van der Waals surface area contributed by atoms with Crippen LogP contribution in [-0.2, 0) is 9.59 Å². The molecular formula is C25H31N5O4. The predicted octanol–water partition coefficient (Wildman–Crippen LogP) is 1.37. The van der Waals surface area contributed by atoms with Crippen molar-refractivity contribution >= 4 is 23.4 Å². The molecule has 1 atom stereocenters. The van der Waals surface area contributed by atoms with Gasteiger partial charge in [-0.05, 0) is 61.5 Å². The van der Waals surface area contributed by atoms with Gasteiger partial charge in [-0.2, -0.15) is 0 Å². The van der Waals surface area contributed by atoms with Crippen molar-refractivity contribution in [3.63, 3.8) is 0 Å². The third-order valence-corrected chi connectivity index (χ3v) is 4.88. The van der Waals surface area contributed by atoms with Gasteiger partial charge in [0.15, 0.2) is 0 Å². The molecule has 2 rings (SSSR count). The van der Waals surface area contributed by atoms with E-state index < -0.39 is 17.9 Å². The minimum Gasteiger partial charge on any atom is -0.339 e. The average Bonchev–Trinajstić information content (AvgIpc) is 2.86. The molecule has 2 aromatic carbocycles. The number of carbonyl (C=O) groups excluding carboxylic acids is 3. The van der Waals surface area contributed by atoms with Crippen LogP contribution in [0.5, 0.6) is 0 Å². The van der Waals surface area contributed by atoms with Crippen molar-refractivity contribution in [2.75, 3.05) is 25.0 Å². The summed E-state index contributed by atoms with van der Waals surface area (Å²) in [6.07, 6.45) is 3.36. The van der Waals surface area contributed by atoms with Crippen LogP contribution in [0.2, 0.25) is 0 Å². The van der Waals surface area contributed by atoms with Gasteiger partial charge in [0.1, 0.15) is 6.04 Å². The smallest absolute Gasteiger partial charge is 0.267 e. The van der Waals surface area contributed by atoms with E-state index in [1.807, 2.05) is 12.1 Å². The number of hydrogen-bond donors (Lipinski definition) is 6. The van der Waals surface area contributed by atoms with Crippen LogP contribution < -0.4 is 27.2 Å². The molecule has 34 heavy (non-hydrogen) atoms. The number of hydroxylamine groups is 1. The normalized spacial score (nSPS) is 11.0. The van der Waals surface area contributed by atoms with E-state index >= 15 is 0 Å². The Morgan fingerprint density at radius 2 is 1.59 bits per heavy atom. The van der Waals surface area contributed by atoms with Crippen LogP contribution in [-0.4, -0.2) is 48.6 Å². The molecule has 9 heteroatoms. The van der Waals surface area contributed by atoms with Crippen LogP contribution in [0.3, 0.4) is 0 Å². The van der Waals surface area contributed by atoms with E-state index in [1.165, 1.54) is 5.48 Å². The number of nitrogens with one attached hydrogen (secondary N) is 4. The quantitative estimate of drug-likeness (QED) is 0.128. The van der Waals surface area contributed by atoms with E-state index in [0.29, 0.717) is 16.8 Å². The highest BCUT2D eigenvalue weighted by molar-refractivity contribution is 5.97. The minimum absolute atomic E-state index is 0.0887. The Labute approximate surface area is 199 Å². The molecule has 0 bridgehead atoms. The summed E-state index contributed by atoms with van der Waals surface area (Å²) in [7, 11) is 0. The third kappa shape index (κ3) is 9.03. The second-order valence-electron chi connectivity index (χ2n) is 7.57. The molecule has 9 nitrogen and oxygen atoms in total. The van der Waals surface area contributed by atoms with E-state index in [1.54, 1.807) is 36.4 Å². The van der Waals surface area contributed by atoms with Gasteiger partial charge in [-0.25, -0.2) is 5.48 Å². The number of benzene rings is 2. The van der Waals surface area contributed by atoms with Gasteiger partial charge in [-0.3, -0.25) is 19.6 Å².